The average molecular weight is 269 g/mol. The van der Waals surface area contributed by atoms with Gasteiger partial charge in [-0.3, -0.25) is 9.69 Å². The van der Waals surface area contributed by atoms with E-state index in [1.807, 2.05) is 20.8 Å². The molecule has 0 saturated carbocycles. The lowest BCUT2D eigenvalue weighted by atomic mass is 9.96. The van der Waals surface area contributed by atoms with Gasteiger partial charge in [-0.25, -0.2) is 0 Å². The average Bonchev–Trinajstić information content (AvgIpc) is 2.77. The Balaban J connectivity index is 2.07. The first-order chi connectivity index (χ1) is 8.88. The van der Waals surface area contributed by atoms with Gasteiger partial charge < -0.3 is 14.4 Å². The summed E-state index contributed by atoms with van der Waals surface area (Å²) >= 11 is 0. The topological polar surface area (TPSA) is 88.7 Å². The zero-order valence-electron chi connectivity index (χ0n) is 11.4. The monoisotopic (exact) mass is 269 g/mol. The Morgan fingerprint density at radius 2 is 2.26 bits per heavy atom. The van der Waals surface area contributed by atoms with Crippen molar-refractivity contribution >= 4 is 5.97 Å². The molecule has 0 spiro atoms. The fraction of sp³-hybridized carbons (Fsp3) is 0.750. The van der Waals surface area contributed by atoms with Crippen molar-refractivity contribution in [2.75, 3.05) is 19.8 Å². The highest BCUT2D eigenvalue weighted by molar-refractivity contribution is 5.73. The molecular formula is C12H19N3O4. The molecule has 0 aliphatic carbocycles. The highest BCUT2D eigenvalue weighted by atomic mass is 16.5. The van der Waals surface area contributed by atoms with Crippen LogP contribution in [-0.4, -0.2) is 51.9 Å². The molecule has 106 valence electrons. The number of aromatic nitrogens is 2. The Labute approximate surface area is 111 Å². The summed E-state index contributed by atoms with van der Waals surface area (Å²) in [4.78, 5) is 17.2. The normalized spacial score (nSPS) is 21.5. The van der Waals surface area contributed by atoms with Gasteiger partial charge in [0.05, 0.1) is 19.8 Å². The molecule has 0 radical (unpaired) electrons. The third-order valence-electron chi connectivity index (χ3n) is 3.00. The van der Waals surface area contributed by atoms with Crippen molar-refractivity contribution < 1.29 is 19.2 Å². The number of rotatable bonds is 3. The van der Waals surface area contributed by atoms with E-state index in [0.717, 1.165) is 0 Å². The van der Waals surface area contributed by atoms with E-state index in [4.69, 9.17) is 14.4 Å². The van der Waals surface area contributed by atoms with Crippen LogP contribution in [0.3, 0.4) is 0 Å². The predicted octanol–water partition coefficient (Wildman–Crippen LogP) is 0.652. The van der Waals surface area contributed by atoms with Crippen molar-refractivity contribution in [3.63, 3.8) is 0 Å². The number of ether oxygens (including phenoxy) is 1. The summed E-state index contributed by atoms with van der Waals surface area (Å²) in [5.41, 5.74) is -0.182. The van der Waals surface area contributed by atoms with E-state index in [0.29, 0.717) is 31.4 Å². The lowest BCUT2D eigenvalue weighted by molar-refractivity contribution is -0.150. The Morgan fingerprint density at radius 3 is 2.84 bits per heavy atom. The number of morpholine rings is 1. The lowest BCUT2D eigenvalue weighted by Crippen LogP contribution is -2.49. The standard InChI is InChI=1S/C12H19N3O4/c1-12(2,3)11-13-9(19-14-11)6-15-4-5-18-7-8(15)10(16)17/h8H,4-7H2,1-3H3,(H,16,17). The van der Waals surface area contributed by atoms with Crippen LogP contribution in [0.1, 0.15) is 32.5 Å². The molecule has 0 amide bonds. The summed E-state index contributed by atoms with van der Waals surface area (Å²) in [5, 5.41) is 13.1. The van der Waals surface area contributed by atoms with Crippen LogP contribution in [0.2, 0.25) is 0 Å². The summed E-state index contributed by atoms with van der Waals surface area (Å²) in [6.07, 6.45) is 0. The van der Waals surface area contributed by atoms with Crippen molar-refractivity contribution in [2.45, 2.75) is 38.8 Å². The number of hydrogen-bond acceptors (Lipinski definition) is 6. The van der Waals surface area contributed by atoms with Gasteiger partial charge in [-0.2, -0.15) is 4.98 Å². The second-order valence-corrected chi connectivity index (χ2v) is 5.66. The number of carboxylic acid groups (broad SMARTS) is 1. The minimum atomic E-state index is -0.893. The lowest BCUT2D eigenvalue weighted by Gasteiger charge is -2.31. The third-order valence-corrected chi connectivity index (χ3v) is 3.00. The highest BCUT2D eigenvalue weighted by Crippen LogP contribution is 2.19. The van der Waals surface area contributed by atoms with Gasteiger partial charge in [0.2, 0.25) is 5.89 Å². The molecule has 1 aliphatic heterocycles. The van der Waals surface area contributed by atoms with Crippen LogP contribution in [0.25, 0.3) is 0 Å². The molecule has 0 bridgehead atoms. The van der Waals surface area contributed by atoms with E-state index in [1.54, 1.807) is 4.90 Å². The van der Waals surface area contributed by atoms with Crippen LogP contribution < -0.4 is 0 Å². The zero-order chi connectivity index (χ0) is 14.0. The van der Waals surface area contributed by atoms with E-state index in [1.165, 1.54) is 0 Å². The molecule has 1 unspecified atom stereocenters. The molecule has 2 rings (SSSR count). The van der Waals surface area contributed by atoms with E-state index in [-0.39, 0.29) is 12.0 Å². The van der Waals surface area contributed by atoms with Gasteiger partial charge in [0.15, 0.2) is 5.82 Å². The molecule has 1 aromatic heterocycles. The molecule has 2 heterocycles. The predicted molar refractivity (Wildman–Crippen MR) is 65.7 cm³/mol. The van der Waals surface area contributed by atoms with Gasteiger partial charge in [0.25, 0.3) is 0 Å². The number of carboxylic acids is 1. The molecule has 1 N–H and O–H groups in total. The van der Waals surface area contributed by atoms with Crippen LogP contribution in [0.5, 0.6) is 0 Å². The molecule has 1 aromatic rings. The van der Waals surface area contributed by atoms with Gasteiger partial charge in [0.1, 0.15) is 6.04 Å². The first-order valence-electron chi connectivity index (χ1n) is 6.25. The number of hydrogen-bond donors (Lipinski definition) is 1. The van der Waals surface area contributed by atoms with Crippen LogP contribution in [-0.2, 0) is 21.5 Å². The zero-order valence-corrected chi connectivity index (χ0v) is 11.4. The molecule has 1 fully saturated rings. The quantitative estimate of drug-likeness (QED) is 0.861. The van der Waals surface area contributed by atoms with E-state index in [2.05, 4.69) is 10.1 Å². The van der Waals surface area contributed by atoms with Crippen LogP contribution in [0.15, 0.2) is 4.52 Å². The third kappa shape index (κ3) is 3.30. The van der Waals surface area contributed by atoms with Gasteiger partial charge in [-0.15, -0.1) is 0 Å². The van der Waals surface area contributed by atoms with Crippen molar-refractivity contribution in [3.05, 3.63) is 11.7 Å². The Bertz CT molecular complexity index is 452. The first kappa shape index (κ1) is 14.0. The summed E-state index contributed by atoms with van der Waals surface area (Å²) < 4.78 is 10.4. The number of aliphatic carboxylic acids is 1. The molecule has 0 aromatic carbocycles. The Hall–Kier alpha value is -1.47. The Morgan fingerprint density at radius 1 is 1.53 bits per heavy atom. The molecular weight excluding hydrogens is 250 g/mol. The fourth-order valence-corrected chi connectivity index (χ4v) is 1.85. The van der Waals surface area contributed by atoms with Gasteiger partial charge in [-0.05, 0) is 0 Å². The second-order valence-electron chi connectivity index (χ2n) is 5.66. The van der Waals surface area contributed by atoms with E-state index >= 15 is 0 Å². The molecule has 1 aliphatic rings. The van der Waals surface area contributed by atoms with Gasteiger partial charge in [0, 0.05) is 12.0 Å². The van der Waals surface area contributed by atoms with E-state index in [9.17, 15) is 4.79 Å². The Kier molecular flexibility index (Phi) is 3.86. The minimum absolute atomic E-state index is 0.182. The van der Waals surface area contributed by atoms with Crippen molar-refractivity contribution in [2.24, 2.45) is 0 Å². The van der Waals surface area contributed by atoms with E-state index < -0.39 is 12.0 Å². The second kappa shape index (κ2) is 5.26. The van der Waals surface area contributed by atoms with Crippen molar-refractivity contribution in [1.29, 1.82) is 0 Å². The SMILES string of the molecule is CC(C)(C)c1noc(CN2CCOCC2C(=O)O)n1. The van der Waals surface area contributed by atoms with Crippen LogP contribution >= 0.6 is 0 Å². The van der Waals surface area contributed by atoms with Gasteiger partial charge in [-0.1, -0.05) is 25.9 Å². The summed E-state index contributed by atoms with van der Waals surface area (Å²) in [6, 6.07) is -0.654. The maximum atomic E-state index is 11.1. The molecule has 7 nitrogen and oxygen atoms in total. The molecule has 1 saturated heterocycles. The smallest absolute Gasteiger partial charge is 0.323 e. The fourth-order valence-electron chi connectivity index (χ4n) is 1.85. The van der Waals surface area contributed by atoms with Crippen LogP contribution in [0, 0.1) is 0 Å². The first-order valence-corrected chi connectivity index (χ1v) is 6.25. The number of nitrogens with zero attached hydrogens (tertiary/aromatic N) is 3. The minimum Gasteiger partial charge on any atom is -0.480 e. The van der Waals surface area contributed by atoms with Crippen molar-refractivity contribution in [1.82, 2.24) is 15.0 Å². The summed E-state index contributed by atoms with van der Waals surface area (Å²) in [5.74, 6) is 0.177. The summed E-state index contributed by atoms with van der Waals surface area (Å²) in [6.45, 7) is 7.58. The van der Waals surface area contributed by atoms with Gasteiger partial charge >= 0.3 is 5.97 Å². The van der Waals surface area contributed by atoms with Crippen LogP contribution in [0.4, 0.5) is 0 Å². The maximum Gasteiger partial charge on any atom is 0.323 e. The molecule has 1 atom stereocenters. The highest BCUT2D eigenvalue weighted by Gasteiger charge is 2.31. The summed E-state index contributed by atoms with van der Waals surface area (Å²) in [7, 11) is 0. The largest absolute Gasteiger partial charge is 0.480 e. The number of carbonyl (C=O) groups is 1. The van der Waals surface area contributed by atoms with Crippen molar-refractivity contribution in [3.8, 4) is 0 Å². The molecule has 7 heteroatoms. The molecule has 19 heavy (non-hydrogen) atoms. The maximum absolute atomic E-state index is 11.1.